The fraction of sp³-hybridized carbons (Fsp3) is 0.222. The summed E-state index contributed by atoms with van der Waals surface area (Å²) >= 11 is 0. The normalized spacial score (nSPS) is 13.7. The Hall–Kier alpha value is -1.46. The first-order valence-corrected chi connectivity index (χ1v) is 3.83. The number of benzene rings is 1. The zero-order valence-corrected chi connectivity index (χ0v) is 7.18. The van der Waals surface area contributed by atoms with E-state index in [0.717, 1.165) is 6.07 Å². The van der Waals surface area contributed by atoms with Gasteiger partial charge in [0, 0.05) is 0 Å². The van der Waals surface area contributed by atoms with Gasteiger partial charge >= 0.3 is 6.18 Å². The van der Waals surface area contributed by atoms with Crippen LogP contribution in [0.25, 0.3) is 0 Å². The summed E-state index contributed by atoms with van der Waals surface area (Å²) in [7, 11) is 0. The van der Waals surface area contributed by atoms with Crippen molar-refractivity contribution in [3.8, 4) is 0 Å². The van der Waals surface area contributed by atoms with Crippen LogP contribution in [0.5, 0.6) is 0 Å². The minimum Gasteiger partial charge on any atom is -0.302 e. The van der Waals surface area contributed by atoms with Crippen LogP contribution in [0.2, 0.25) is 0 Å². The lowest BCUT2D eigenvalue weighted by Crippen LogP contribution is -2.22. The first-order valence-electron chi connectivity index (χ1n) is 3.83. The van der Waals surface area contributed by atoms with E-state index >= 15 is 0 Å². The number of alkyl halides is 3. The molecule has 0 amide bonds. The predicted octanol–water partition coefficient (Wildman–Crippen LogP) is 2.81. The molecule has 1 rings (SSSR count). The topological polar surface area (TPSA) is 17.1 Å². The third-order valence-electron chi connectivity index (χ3n) is 1.79. The molecular weight excluding hydrogens is 219 g/mol. The Bertz CT molecular complexity index is 371. The van der Waals surface area contributed by atoms with E-state index < -0.39 is 29.3 Å². The molecule has 1 aromatic rings. The van der Waals surface area contributed by atoms with Crippen molar-refractivity contribution < 1.29 is 26.7 Å². The average molecular weight is 224 g/mol. The summed E-state index contributed by atoms with van der Waals surface area (Å²) in [6.45, 7) is 0. The van der Waals surface area contributed by atoms with E-state index in [4.69, 9.17) is 0 Å². The Kier molecular flexibility index (Phi) is 3.06. The highest BCUT2D eigenvalue weighted by Crippen LogP contribution is 2.33. The van der Waals surface area contributed by atoms with Crippen LogP contribution in [-0.4, -0.2) is 12.5 Å². The minimum atomic E-state index is -4.80. The molecule has 0 aliphatic carbocycles. The molecule has 0 N–H and O–H groups in total. The standard InChI is InChI=1S/C9H5F5O/c10-7-2-1-5(3-8(7)11)6(4-15)9(12,13)14/h1-4,6H. The van der Waals surface area contributed by atoms with Crippen LogP contribution < -0.4 is 0 Å². The molecule has 1 unspecified atom stereocenters. The summed E-state index contributed by atoms with van der Waals surface area (Å²) < 4.78 is 61.6. The number of carbonyl (C=O) groups is 1. The molecule has 1 aromatic carbocycles. The molecular formula is C9H5F5O. The lowest BCUT2D eigenvalue weighted by molar-refractivity contribution is -0.155. The van der Waals surface area contributed by atoms with E-state index in [9.17, 15) is 26.7 Å². The number of hydrogen-bond acceptors (Lipinski definition) is 1. The molecule has 0 aliphatic rings. The van der Waals surface area contributed by atoms with Gasteiger partial charge in [-0.25, -0.2) is 8.78 Å². The zero-order valence-electron chi connectivity index (χ0n) is 7.18. The van der Waals surface area contributed by atoms with Crippen molar-refractivity contribution in [2.24, 2.45) is 0 Å². The summed E-state index contributed by atoms with van der Waals surface area (Å²) in [6.07, 6.45) is -5.15. The van der Waals surface area contributed by atoms with Gasteiger partial charge in [0.25, 0.3) is 0 Å². The fourth-order valence-corrected chi connectivity index (χ4v) is 1.05. The summed E-state index contributed by atoms with van der Waals surface area (Å²) in [5, 5.41) is 0. The third-order valence-corrected chi connectivity index (χ3v) is 1.79. The van der Waals surface area contributed by atoms with Crippen molar-refractivity contribution in [3.63, 3.8) is 0 Å². The maximum absolute atomic E-state index is 12.6. The van der Waals surface area contributed by atoms with E-state index in [0.29, 0.717) is 12.1 Å². The summed E-state index contributed by atoms with van der Waals surface area (Å²) in [6, 6.07) is 1.64. The van der Waals surface area contributed by atoms with Crippen molar-refractivity contribution in [1.82, 2.24) is 0 Å². The first-order chi connectivity index (χ1) is 6.86. The van der Waals surface area contributed by atoms with Gasteiger partial charge < -0.3 is 4.79 Å². The maximum atomic E-state index is 12.6. The molecule has 1 atom stereocenters. The van der Waals surface area contributed by atoms with Crippen LogP contribution in [0, 0.1) is 11.6 Å². The minimum absolute atomic E-state index is 0.354. The highest BCUT2D eigenvalue weighted by molar-refractivity contribution is 5.63. The molecule has 6 heteroatoms. The van der Waals surface area contributed by atoms with E-state index in [1.165, 1.54) is 0 Å². The van der Waals surface area contributed by atoms with Gasteiger partial charge in [-0.15, -0.1) is 0 Å². The average Bonchev–Trinajstić information content (AvgIpc) is 2.10. The quantitative estimate of drug-likeness (QED) is 0.557. The number of carbonyl (C=O) groups excluding carboxylic acids is 1. The second-order valence-electron chi connectivity index (χ2n) is 2.83. The molecule has 0 spiro atoms. The number of aldehydes is 1. The second kappa shape index (κ2) is 3.96. The van der Waals surface area contributed by atoms with E-state index in [1.807, 2.05) is 0 Å². The van der Waals surface area contributed by atoms with Crippen LogP contribution in [0.3, 0.4) is 0 Å². The number of halogens is 5. The zero-order chi connectivity index (χ0) is 11.6. The molecule has 0 bridgehead atoms. The van der Waals surface area contributed by atoms with E-state index in [1.54, 1.807) is 0 Å². The Labute approximate surface area is 81.5 Å². The van der Waals surface area contributed by atoms with Crippen LogP contribution in [0.1, 0.15) is 11.5 Å². The van der Waals surface area contributed by atoms with Gasteiger partial charge in [0.2, 0.25) is 0 Å². The summed E-state index contributed by atoms with van der Waals surface area (Å²) in [4.78, 5) is 10.2. The highest BCUT2D eigenvalue weighted by atomic mass is 19.4. The molecule has 0 heterocycles. The van der Waals surface area contributed by atoms with Crippen LogP contribution in [-0.2, 0) is 4.79 Å². The van der Waals surface area contributed by atoms with Crippen molar-refractivity contribution in [2.45, 2.75) is 12.1 Å². The molecule has 0 aromatic heterocycles. The largest absolute Gasteiger partial charge is 0.402 e. The van der Waals surface area contributed by atoms with Gasteiger partial charge in [0.05, 0.1) is 0 Å². The molecule has 0 fully saturated rings. The molecule has 1 nitrogen and oxygen atoms in total. The fourth-order valence-electron chi connectivity index (χ4n) is 1.05. The Morgan fingerprint density at radius 1 is 1.13 bits per heavy atom. The van der Waals surface area contributed by atoms with Crippen molar-refractivity contribution in [3.05, 3.63) is 35.4 Å². The predicted molar refractivity (Wildman–Crippen MR) is 41.2 cm³/mol. The first kappa shape index (κ1) is 11.6. The Morgan fingerprint density at radius 3 is 2.13 bits per heavy atom. The molecule has 0 radical (unpaired) electrons. The van der Waals surface area contributed by atoms with Crippen LogP contribution >= 0.6 is 0 Å². The van der Waals surface area contributed by atoms with Crippen molar-refractivity contribution >= 4 is 6.29 Å². The van der Waals surface area contributed by atoms with Crippen molar-refractivity contribution in [1.29, 1.82) is 0 Å². The van der Waals surface area contributed by atoms with Gasteiger partial charge in [-0.1, -0.05) is 6.07 Å². The van der Waals surface area contributed by atoms with Crippen molar-refractivity contribution in [2.75, 3.05) is 0 Å². The summed E-state index contributed by atoms with van der Waals surface area (Å²) in [5.41, 5.74) is -0.614. The van der Waals surface area contributed by atoms with Gasteiger partial charge in [-0.3, -0.25) is 0 Å². The molecule has 0 saturated heterocycles. The maximum Gasteiger partial charge on any atom is 0.402 e. The summed E-state index contributed by atoms with van der Waals surface area (Å²) in [5.74, 6) is -5.10. The van der Waals surface area contributed by atoms with E-state index in [-0.39, 0.29) is 6.29 Å². The van der Waals surface area contributed by atoms with Crippen LogP contribution in [0.15, 0.2) is 18.2 Å². The van der Waals surface area contributed by atoms with Gasteiger partial charge in [-0.2, -0.15) is 13.2 Å². The van der Waals surface area contributed by atoms with Gasteiger partial charge in [0.15, 0.2) is 11.6 Å². The van der Waals surface area contributed by atoms with Crippen LogP contribution in [0.4, 0.5) is 22.0 Å². The van der Waals surface area contributed by atoms with Gasteiger partial charge in [0.1, 0.15) is 12.2 Å². The highest BCUT2D eigenvalue weighted by Gasteiger charge is 2.40. The van der Waals surface area contributed by atoms with E-state index in [2.05, 4.69) is 0 Å². The number of rotatable bonds is 2. The third kappa shape index (κ3) is 2.51. The lowest BCUT2D eigenvalue weighted by atomic mass is 10.00. The molecule has 0 saturated carbocycles. The molecule has 82 valence electrons. The smallest absolute Gasteiger partial charge is 0.302 e. The lowest BCUT2D eigenvalue weighted by Gasteiger charge is -2.14. The Morgan fingerprint density at radius 2 is 1.73 bits per heavy atom. The Balaban J connectivity index is 3.14. The number of hydrogen-bond donors (Lipinski definition) is 0. The second-order valence-corrected chi connectivity index (χ2v) is 2.83. The van der Waals surface area contributed by atoms with Gasteiger partial charge in [-0.05, 0) is 17.7 Å². The molecule has 0 aliphatic heterocycles. The molecule has 15 heavy (non-hydrogen) atoms. The SMILES string of the molecule is O=CC(c1ccc(F)c(F)c1)C(F)(F)F. The monoisotopic (exact) mass is 224 g/mol.